The van der Waals surface area contributed by atoms with Crippen molar-refractivity contribution in [2.45, 2.75) is 4.90 Å². The number of benzene rings is 2. The Kier molecular flexibility index (Phi) is 7.78. The maximum absolute atomic E-state index is 14.0. The molecule has 2 aromatic carbocycles. The van der Waals surface area contributed by atoms with Crippen LogP contribution in [0.2, 0.25) is 0 Å². The van der Waals surface area contributed by atoms with Gasteiger partial charge in [-0.2, -0.15) is 0 Å². The molecule has 0 saturated carbocycles. The van der Waals surface area contributed by atoms with Crippen LogP contribution in [0.1, 0.15) is 10.4 Å². The van der Waals surface area contributed by atoms with Crippen molar-refractivity contribution < 1.29 is 41.3 Å². The van der Waals surface area contributed by atoms with E-state index in [0.717, 1.165) is 18.2 Å². The Hall–Kier alpha value is -3.38. The third-order valence-corrected chi connectivity index (χ3v) is 5.43. The summed E-state index contributed by atoms with van der Waals surface area (Å²) >= 11 is 0. The van der Waals surface area contributed by atoms with E-state index in [2.05, 4.69) is 10.0 Å². The van der Waals surface area contributed by atoms with Gasteiger partial charge in [0.1, 0.15) is 5.82 Å². The monoisotopic (exact) mass is 456 g/mol. The molecule has 2 aromatic rings. The van der Waals surface area contributed by atoms with Crippen LogP contribution < -0.4 is 24.2 Å². The lowest BCUT2D eigenvalue weighted by molar-refractivity contribution is -0.119. The normalized spacial score (nSPS) is 10.9. The Bertz CT molecular complexity index is 1060. The average Bonchev–Trinajstić information content (AvgIpc) is 2.76. The Labute approximate surface area is 178 Å². The topological polar surface area (TPSA) is 129 Å². The van der Waals surface area contributed by atoms with Crippen molar-refractivity contribution in [3.63, 3.8) is 0 Å². The summed E-state index contributed by atoms with van der Waals surface area (Å²) in [5.41, 5.74) is -0.360. The molecule has 0 aliphatic rings. The van der Waals surface area contributed by atoms with Crippen molar-refractivity contribution in [2.24, 2.45) is 0 Å². The fourth-order valence-electron chi connectivity index (χ4n) is 2.50. The average molecular weight is 456 g/mol. The molecule has 0 unspecified atom stereocenters. The summed E-state index contributed by atoms with van der Waals surface area (Å²) < 4.78 is 60.0. The van der Waals surface area contributed by atoms with Gasteiger partial charge >= 0.3 is 5.97 Å². The van der Waals surface area contributed by atoms with Crippen LogP contribution in [0.25, 0.3) is 0 Å². The summed E-state index contributed by atoms with van der Waals surface area (Å²) in [6, 6.07) is 5.56. The van der Waals surface area contributed by atoms with E-state index in [9.17, 15) is 22.4 Å². The van der Waals surface area contributed by atoms with E-state index in [1.54, 1.807) is 0 Å². The highest BCUT2D eigenvalue weighted by atomic mass is 32.2. The number of amides is 1. The molecule has 0 aromatic heterocycles. The molecule has 0 heterocycles. The van der Waals surface area contributed by atoms with Gasteiger partial charge in [0, 0.05) is 17.8 Å². The van der Waals surface area contributed by atoms with Crippen LogP contribution in [-0.2, 0) is 19.6 Å². The molecule has 0 bridgehead atoms. The van der Waals surface area contributed by atoms with Gasteiger partial charge in [-0.25, -0.2) is 22.3 Å². The van der Waals surface area contributed by atoms with Gasteiger partial charge < -0.3 is 24.3 Å². The molecular weight excluding hydrogens is 435 g/mol. The van der Waals surface area contributed by atoms with E-state index in [1.807, 2.05) is 0 Å². The van der Waals surface area contributed by atoms with Crippen LogP contribution >= 0.6 is 0 Å². The minimum atomic E-state index is -3.90. The van der Waals surface area contributed by atoms with Crippen molar-refractivity contribution in [1.29, 1.82) is 0 Å². The van der Waals surface area contributed by atoms with Gasteiger partial charge in [0.05, 0.1) is 31.8 Å². The third-order valence-electron chi connectivity index (χ3n) is 4.02. The first kappa shape index (κ1) is 23.9. The molecule has 2 N–H and O–H groups in total. The summed E-state index contributed by atoms with van der Waals surface area (Å²) in [6.07, 6.45) is 0. The van der Waals surface area contributed by atoms with Crippen LogP contribution in [0, 0.1) is 5.82 Å². The zero-order chi connectivity index (χ0) is 23.2. The molecule has 0 radical (unpaired) electrons. The number of sulfonamides is 1. The van der Waals surface area contributed by atoms with Crippen molar-refractivity contribution in [3.8, 4) is 17.2 Å². The van der Waals surface area contributed by atoms with E-state index in [4.69, 9.17) is 18.9 Å². The number of methoxy groups -OCH3 is 3. The number of esters is 1. The van der Waals surface area contributed by atoms with Gasteiger partial charge in [-0.1, -0.05) is 0 Å². The molecule has 31 heavy (non-hydrogen) atoms. The number of hydrogen-bond acceptors (Lipinski definition) is 8. The van der Waals surface area contributed by atoms with Crippen molar-refractivity contribution >= 4 is 27.6 Å². The molecule has 0 atom stereocenters. The van der Waals surface area contributed by atoms with E-state index in [0.29, 0.717) is 17.2 Å². The summed E-state index contributed by atoms with van der Waals surface area (Å²) in [4.78, 5) is 24.0. The molecule has 12 heteroatoms. The van der Waals surface area contributed by atoms with Crippen molar-refractivity contribution in [1.82, 2.24) is 4.72 Å². The SMILES string of the molecule is CNS(=O)(=O)c1ccc(F)c(C(=O)OCC(=O)Nc2cc(OC)c(OC)c(OC)c2)c1. The quantitative estimate of drug-likeness (QED) is 0.544. The highest BCUT2D eigenvalue weighted by molar-refractivity contribution is 7.89. The first-order valence-corrected chi connectivity index (χ1v) is 10.1. The number of rotatable bonds is 9. The predicted octanol–water partition coefficient (Wildman–Crippen LogP) is 1.56. The number of halogens is 1. The maximum atomic E-state index is 14.0. The maximum Gasteiger partial charge on any atom is 0.341 e. The van der Waals surface area contributed by atoms with Gasteiger partial charge in [0.2, 0.25) is 15.8 Å². The molecule has 0 fully saturated rings. The minimum Gasteiger partial charge on any atom is -0.493 e. The van der Waals surface area contributed by atoms with Gasteiger partial charge in [-0.15, -0.1) is 0 Å². The molecule has 0 aliphatic heterocycles. The number of nitrogens with one attached hydrogen (secondary N) is 2. The molecule has 1 amide bonds. The second kappa shape index (κ2) is 10.1. The summed E-state index contributed by atoms with van der Waals surface area (Å²) in [6.45, 7) is -0.752. The van der Waals surface area contributed by atoms with Gasteiger partial charge in [-0.3, -0.25) is 4.79 Å². The smallest absolute Gasteiger partial charge is 0.341 e. The van der Waals surface area contributed by atoms with Crippen LogP contribution in [0.15, 0.2) is 35.2 Å². The Morgan fingerprint density at radius 1 is 1.00 bits per heavy atom. The van der Waals surface area contributed by atoms with Crippen molar-refractivity contribution in [3.05, 3.63) is 41.7 Å². The highest BCUT2D eigenvalue weighted by Gasteiger charge is 2.20. The standard InChI is InChI=1S/C19H21FN2O8S/c1-21-31(25,26)12-5-6-14(20)13(9-12)19(24)30-10-17(23)22-11-7-15(27-2)18(29-4)16(8-11)28-3/h5-9,21H,10H2,1-4H3,(H,22,23). The predicted molar refractivity (Wildman–Crippen MR) is 108 cm³/mol. The summed E-state index contributed by atoms with van der Waals surface area (Å²) in [5.74, 6) is -2.03. The minimum absolute atomic E-state index is 0.267. The Morgan fingerprint density at radius 2 is 1.61 bits per heavy atom. The Morgan fingerprint density at radius 3 is 2.13 bits per heavy atom. The van der Waals surface area contributed by atoms with Crippen LogP contribution in [-0.4, -0.2) is 55.3 Å². The van der Waals surface area contributed by atoms with E-state index in [1.165, 1.54) is 40.5 Å². The zero-order valence-corrected chi connectivity index (χ0v) is 18.0. The second-order valence-electron chi connectivity index (χ2n) is 5.89. The third kappa shape index (κ3) is 5.61. The number of hydrogen-bond donors (Lipinski definition) is 2. The summed E-state index contributed by atoms with van der Waals surface area (Å²) in [7, 11) is 1.50. The molecule has 168 valence electrons. The largest absolute Gasteiger partial charge is 0.493 e. The number of ether oxygens (including phenoxy) is 4. The lowest BCUT2D eigenvalue weighted by Crippen LogP contribution is -2.22. The Balaban J connectivity index is 2.12. The van der Waals surface area contributed by atoms with E-state index < -0.39 is 39.9 Å². The van der Waals surface area contributed by atoms with Crippen molar-refractivity contribution in [2.75, 3.05) is 40.3 Å². The molecule has 2 rings (SSSR count). The number of carbonyl (C=O) groups excluding carboxylic acids is 2. The molecule has 0 aliphatic carbocycles. The van der Waals surface area contributed by atoms with Gasteiger partial charge in [-0.05, 0) is 25.2 Å². The van der Waals surface area contributed by atoms with Gasteiger partial charge in [0.25, 0.3) is 5.91 Å². The molecular formula is C19H21FN2O8S. The van der Waals surface area contributed by atoms with E-state index in [-0.39, 0.29) is 10.6 Å². The number of anilines is 1. The van der Waals surface area contributed by atoms with Crippen LogP contribution in [0.3, 0.4) is 0 Å². The van der Waals surface area contributed by atoms with Crippen LogP contribution in [0.4, 0.5) is 10.1 Å². The lowest BCUT2D eigenvalue weighted by Gasteiger charge is -2.14. The first-order chi connectivity index (χ1) is 14.7. The van der Waals surface area contributed by atoms with E-state index >= 15 is 0 Å². The molecule has 0 saturated heterocycles. The van der Waals surface area contributed by atoms with Crippen LogP contribution in [0.5, 0.6) is 17.2 Å². The molecule has 10 nitrogen and oxygen atoms in total. The fraction of sp³-hybridized carbons (Fsp3) is 0.263. The zero-order valence-electron chi connectivity index (χ0n) is 17.1. The highest BCUT2D eigenvalue weighted by Crippen LogP contribution is 2.39. The lowest BCUT2D eigenvalue weighted by atomic mass is 10.2. The summed E-state index contributed by atoms with van der Waals surface area (Å²) in [5, 5.41) is 2.48. The number of carbonyl (C=O) groups is 2. The molecule has 0 spiro atoms. The second-order valence-corrected chi connectivity index (χ2v) is 7.77. The van der Waals surface area contributed by atoms with Gasteiger partial charge in [0.15, 0.2) is 18.1 Å². The fourth-order valence-corrected chi connectivity index (χ4v) is 3.26. The first-order valence-electron chi connectivity index (χ1n) is 8.67.